The molecule has 0 saturated heterocycles. The summed E-state index contributed by atoms with van der Waals surface area (Å²) in [5.74, 6) is -2.36. The topological polar surface area (TPSA) is 112 Å². The van der Waals surface area contributed by atoms with E-state index >= 15 is 0 Å². The molecule has 0 aliphatic rings. The number of rotatable bonds is 7. The first-order chi connectivity index (χ1) is 13.2. The molecule has 1 N–H and O–H groups in total. The van der Waals surface area contributed by atoms with Crippen molar-refractivity contribution in [3.05, 3.63) is 45.8 Å². The molecule has 150 valence electrons. The molecule has 0 radical (unpaired) electrons. The standard InChI is InChI=1S/C20H23NO7/c1-11(2)7-14(19(24)26-4)21-18(23)10-27-20(25)17-9-15(22)13-8-12(3)5-6-16(13)28-17/h5-6,8-9,11,14H,7,10H2,1-4H3,(H,21,23)/t14-/m0/s1. The van der Waals surface area contributed by atoms with Gasteiger partial charge in [0.05, 0.1) is 12.5 Å². The molecule has 2 aromatic rings. The van der Waals surface area contributed by atoms with E-state index in [0.717, 1.165) is 11.6 Å². The molecule has 8 heteroatoms. The van der Waals surface area contributed by atoms with Gasteiger partial charge in [0.15, 0.2) is 12.0 Å². The maximum absolute atomic E-state index is 12.2. The molecule has 1 amide bonds. The first-order valence-electron chi connectivity index (χ1n) is 8.80. The van der Waals surface area contributed by atoms with E-state index in [1.54, 1.807) is 18.2 Å². The Morgan fingerprint density at radius 3 is 2.54 bits per heavy atom. The van der Waals surface area contributed by atoms with E-state index in [2.05, 4.69) is 10.1 Å². The predicted molar refractivity (Wildman–Crippen MR) is 101 cm³/mol. The van der Waals surface area contributed by atoms with Crippen molar-refractivity contribution in [2.75, 3.05) is 13.7 Å². The van der Waals surface area contributed by atoms with E-state index in [9.17, 15) is 19.2 Å². The summed E-state index contributed by atoms with van der Waals surface area (Å²) in [6, 6.07) is 5.18. The van der Waals surface area contributed by atoms with Crippen molar-refractivity contribution >= 4 is 28.8 Å². The summed E-state index contributed by atoms with van der Waals surface area (Å²) in [6.45, 7) is 5.00. The summed E-state index contributed by atoms with van der Waals surface area (Å²) < 4.78 is 15.0. The Morgan fingerprint density at radius 2 is 1.89 bits per heavy atom. The Labute approximate surface area is 161 Å². The monoisotopic (exact) mass is 389 g/mol. The largest absolute Gasteiger partial charge is 0.467 e. The third-order valence-electron chi connectivity index (χ3n) is 3.95. The Hall–Kier alpha value is -3.16. The molecule has 0 bridgehead atoms. The highest BCUT2D eigenvalue weighted by Crippen LogP contribution is 2.14. The third kappa shape index (κ3) is 5.42. The summed E-state index contributed by atoms with van der Waals surface area (Å²) in [7, 11) is 1.23. The van der Waals surface area contributed by atoms with Crippen LogP contribution in [0.4, 0.5) is 0 Å². The van der Waals surface area contributed by atoms with Crippen LogP contribution in [0.2, 0.25) is 0 Å². The Bertz CT molecular complexity index is 945. The molecule has 8 nitrogen and oxygen atoms in total. The highest BCUT2D eigenvalue weighted by molar-refractivity contribution is 5.91. The van der Waals surface area contributed by atoms with Gasteiger partial charge in [-0.2, -0.15) is 0 Å². The van der Waals surface area contributed by atoms with E-state index < -0.39 is 30.5 Å². The number of aryl methyl sites for hydroxylation is 1. The SMILES string of the molecule is COC(=O)[C@H](CC(C)C)NC(=O)COC(=O)c1cc(=O)c2cc(C)ccc2o1. The number of nitrogens with one attached hydrogen (secondary N) is 1. The van der Waals surface area contributed by atoms with Gasteiger partial charge in [-0.25, -0.2) is 9.59 Å². The third-order valence-corrected chi connectivity index (χ3v) is 3.95. The van der Waals surface area contributed by atoms with Crippen LogP contribution in [0.5, 0.6) is 0 Å². The fraction of sp³-hybridized carbons (Fsp3) is 0.400. The quantitative estimate of drug-likeness (QED) is 0.721. The van der Waals surface area contributed by atoms with Crippen LogP contribution < -0.4 is 10.7 Å². The predicted octanol–water partition coefficient (Wildman–Crippen LogP) is 1.96. The van der Waals surface area contributed by atoms with E-state index in [4.69, 9.17) is 9.15 Å². The molecule has 0 aliphatic carbocycles. The van der Waals surface area contributed by atoms with Crippen LogP contribution in [0.15, 0.2) is 33.5 Å². The van der Waals surface area contributed by atoms with E-state index in [0.29, 0.717) is 11.8 Å². The lowest BCUT2D eigenvalue weighted by molar-refractivity contribution is -0.145. The molecule has 0 spiro atoms. The molecule has 28 heavy (non-hydrogen) atoms. The van der Waals surface area contributed by atoms with Gasteiger partial charge in [-0.3, -0.25) is 9.59 Å². The zero-order chi connectivity index (χ0) is 20.8. The van der Waals surface area contributed by atoms with Crippen LogP contribution in [0, 0.1) is 12.8 Å². The molecule has 0 saturated carbocycles. The smallest absolute Gasteiger partial charge is 0.374 e. The molecule has 1 atom stereocenters. The van der Waals surface area contributed by atoms with Crippen LogP contribution in [0.25, 0.3) is 11.0 Å². The fourth-order valence-corrected chi connectivity index (χ4v) is 2.64. The van der Waals surface area contributed by atoms with Crippen molar-refractivity contribution in [2.24, 2.45) is 5.92 Å². The second kappa shape index (κ2) is 9.16. The lowest BCUT2D eigenvalue weighted by Gasteiger charge is -2.18. The van der Waals surface area contributed by atoms with Crippen molar-refractivity contribution in [2.45, 2.75) is 33.2 Å². The molecule has 0 aliphatic heterocycles. The van der Waals surface area contributed by atoms with Crippen LogP contribution >= 0.6 is 0 Å². The van der Waals surface area contributed by atoms with Gasteiger partial charge in [-0.15, -0.1) is 0 Å². The highest BCUT2D eigenvalue weighted by Gasteiger charge is 2.23. The minimum absolute atomic E-state index is 0.141. The van der Waals surface area contributed by atoms with Gasteiger partial charge in [0.25, 0.3) is 5.91 Å². The second-order valence-corrected chi connectivity index (χ2v) is 6.82. The minimum atomic E-state index is -0.951. The summed E-state index contributed by atoms with van der Waals surface area (Å²) in [5, 5.41) is 2.82. The van der Waals surface area contributed by atoms with Crippen molar-refractivity contribution in [3.8, 4) is 0 Å². The molecule has 1 aromatic carbocycles. The summed E-state index contributed by atoms with van der Waals surface area (Å²) in [6.07, 6.45) is 0.380. The number of hydrogen-bond acceptors (Lipinski definition) is 7. The lowest BCUT2D eigenvalue weighted by Crippen LogP contribution is -2.44. The van der Waals surface area contributed by atoms with Crippen molar-refractivity contribution in [3.63, 3.8) is 0 Å². The first kappa shape index (κ1) is 21.1. The number of esters is 2. The number of carbonyl (C=O) groups excluding carboxylic acids is 3. The van der Waals surface area contributed by atoms with Gasteiger partial charge in [-0.05, 0) is 31.4 Å². The van der Waals surface area contributed by atoms with Gasteiger partial charge in [-0.1, -0.05) is 25.5 Å². The maximum Gasteiger partial charge on any atom is 0.374 e. The first-order valence-corrected chi connectivity index (χ1v) is 8.80. The van der Waals surface area contributed by atoms with Crippen molar-refractivity contribution in [1.29, 1.82) is 0 Å². The molecular weight excluding hydrogens is 366 g/mol. The number of ether oxygens (including phenoxy) is 2. The molecule has 1 heterocycles. The van der Waals surface area contributed by atoms with Gasteiger partial charge in [0, 0.05) is 6.07 Å². The zero-order valence-electron chi connectivity index (χ0n) is 16.2. The Morgan fingerprint density at radius 1 is 1.18 bits per heavy atom. The van der Waals surface area contributed by atoms with E-state index in [1.807, 2.05) is 20.8 Å². The average molecular weight is 389 g/mol. The van der Waals surface area contributed by atoms with Crippen molar-refractivity contribution < 1.29 is 28.3 Å². The lowest BCUT2D eigenvalue weighted by atomic mass is 10.0. The van der Waals surface area contributed by atoms with Crippen LogP contribution in [-0.4, -0.2) is 37.6 Å². The number of carbonyl (C=O) groups is 3. The van der Waals surface area contributed by atoms with Crippen LogP contribution in [-0.2, 0) is 19.1 Å². The normalized spacial score (nSPS) is 11.9. The molecule has 0 fully saturated rings. The number of methoxy groups -OCH3 is 1. The van der Waals surface area contributed by atoms with Crippen LogP contribution in [0.3, 0.4) is 0 Å². The van der Waals surface area contributed by atoms with Gasteiger partial charge in [0.1, 0.15) is 11.6 Å². The minimum Gasteiger partial charge on any atom is -0.467 e. The average Bonchev–Trinajstić information content (AvgIpc) is 2.64. The summed E-state index contributed by atoms with van der Waals surface area (Å²) >= 11 is 0. The Kier molecular flexibility index (Phi) is 6.92. The molecule has 2 rings (SSSR count). The summed E-state index contributed by atoms with van der Waals surface area (Å²) in [5.41, 5.74) is 0.745. The number of fused-ring (bicyclic) bond motifs is 1. The molecule has 1 aromatic heterocycles. The number of benzene rings is 1. The zero-order valence-corrected chi connectivity index (χ0v) is 16.2. The Balaban J connectivity index is 2.04. The summed E-state index contributed by atoms with van der Waals surface area (Å²) in [4.78, 5) is 48.0. The molecular formula is C20H23NO7. The van der Waals surface area contributed by atoms with E-state index in [-0.39, 0.29) is 22.7 Å². The maximum atomic E-state index is 12.2. The number of hydrogen-bond donors (Lipinski definition) is 1. The fourth-order valence-electron chi connectivity index (χ4n) is 2.64. The van der Waals surface area contributed by atoms with Crippen molar-refractivity contribution in [1.82, 2.24) is 5.32 Å². The second-order valence-electron chi connectivity index (χ2n) is 6.82. The van der Waals surface area contributed by atoms with Gasteiger partial charge >= 0.3 is 11.9 Å². The number of amides is 1. The van der Waals surface area contributed by atoms with Crippen LogP contribution in [0.1, 0.15) is 36.4 Å². The van der Waals surface area contributed by atoms with E-state index in [1.165, 1.54) is 7.11 Å². The van der Waals surface area contributed by atoms with Gasteiger partial charge < -0.3 is 19.2 Å². The van der Waals surface area contributed by atoms with Gasteiger partial charge in [0.2, 0.25) is 5.76 Å². The highest BCUT2D eigenvalue weighted by atomic mass is 16.5. The molecule has 0 unspecified atom stereocenters.